The van der Waals surface area contributed by atoms with Crippen LogP contribution in [-0.4, -0.2) is 36.8 Å². The number of pyridine rings is 1. The lowest BCUT2D eigenvalue weighted by atomic mass is 10.2. The molecule has 0 aliphatic heterocycles. The minimum absolute atomic E-state index is 0.182. The largest absolute Gasteiger partial charge is 0.475 e. The van der Waals surface area contributed by atoms with Crippen LogP contribution in [0.3, 0.4) is 0 Å². The molecule has 2 aromatic heterocycles. The van der Waals surface area contributed by atoms with Gasteiger partial charge < -0.3 is 14.5 Å². The van der Waals surface area contributed by atoms with Crippen molar-refractivity contribution in [2.75, 3.05) is 18.5 Å². The fourth-order valence-corrected chi connectivity index (χ4v) is 3.63. The maximum Gasteiger partial charge on any atom is 0.258 e. The normalized spacial score (nSPS) is 12.1. The molecule has 6 nitrogen and oxygen atoms in total. The number of anilines is 1. The van der Waals surface area contributed by atoms with Gasteiger partial charge in [-0.3, -0.25) is 4.79 Å². The Hall–Kier alpha value is -1.77. The second kappa shape index (κ2) is 8.28. The summed E-state index contributed by atoms with van der Waals surface area (Å²) < 4.78 is 15.8. The number of rotatable bonds is 7. The Labute approximate surface area is 160 Å². The van der Waals surface area contributed by atoms with Crippen molar-refractivity contribution in [1.82, 2.24) is 9.36 Å². The predicted molar refractivity (Wildman–Crippen MR) is 108 cm³/mol. The summed E-state index contributed by atoms with van der Waals surface area (Å²) in [5, 5.41) is 4.72. The van der Waals surface area contributed by atoms with Gasteiger partial charge in [-0.1, -0.05) is 20.8 Å². The average Bonchev–Trinajstić information content (AvgIpc) is 2.98. The van der Waals surface area contributed by atoms with Crippen LogP contribution in [0.2, 0.25) is 18.1 Å². The summed E-state index contributed by atoms with van der Waals surface area (Å²) in [6.45, 7) is 13.9. The highest BCUT2D eigenvalue weighted by Crippen LogP contribution is 2.36. The van der Waals surface area contributed by atoms with Gasteiger partial charge in [-0.15, -0.1) is 0 Å². The SMILES string of the molecule is Cc1nscc1C(=O)Nc1ccc(OCCO[Si](C)(C)C(C)(C)C)nc1. The summed E-state index contributed by atoms with van der Waals surface area (Å²) in [7, 11) is -1.75. The number of carbonyl (C=O) groups is 1. The molecule has 0 atom stereocenters. The van der Waals surface area contributed by atoms with E-state index < -0.39 is 8.32 Å². The lowest BCUT2D eigenvalue weighted by Crippen LogP contribution is -2.41. The summed E-state index contributed by atoms with van der Waals surface area (Å²) in [6.07, 6.45) is 1.58. The summed E-state index contributed by atoms with van der Waals surface area (Å²) in [4.78, 5) is 16.4. The summed E-state index contributed by atoms with van der Waals surface area (Å²) >= 11 is 1.27. The van der Waals surface area contributed by atoms with E-state index in [4.69, 9.17) is 9.16 Å². The minimum atomic E-state index is -1.75. The molecule has 0 aromatic carbocycles. The van der Waals surface area contributed by atoms with Crippen LogP contribution >= 0.6 is 11.5 Å². The molecule has 1 N–H and O–H groups in total. The first-order valence-electron chi connectivity index (χ1n) is 8.55. The zero-order valence-corrected chi connectivity index (χ0v) is 18.1. The van der Waals surface area contributed by atoms with Crippen molar-refractivity contribution < 1.29 is 14.0 Å². The molecular formula is C18H27N3O3SSi. The van der Waals surface area contributed by atoms with E-state index in [1.165, 1.54) is 11.5 Å². The molecule has 142 valence electrons. The minimum Gasteiger partial charge on any atom is -0.475 e. The Morgan fingerprint density at radius 2 is 2.00 bits per heavy atom. The van der Waals surface area contributed by atoms with Crippen molar-refractivity contribution in [2.24, 2.45) is 0 Å². The van der Waals surface area contributed by atoms with Crippen molar-refractivity contribution in [3.8, 4) is 5.88 Å². The first kappa shape index (κ1) is 20.5. The van der Waals surface area contributed by atoms with Crippen LogP contribution in [0.4, 0.5) is 5.69 Å². The number of aryl methyl sites for hydroxylation is 1. The number of hydrogen-bond acceptors (Lipinski definition) is 6. The zero-order chi connectivity index (χ0) is 19.4. The third kappa shape index (κ3) is 5.36. The van der Waals surface area contributed by atoms with Gasteiger partial charge in [-0.05, 0) is 42.7 Å². The molecule has 0 bridgehead atoms. The van der Waals surface area contributed by atoms with Crippen LogP contribution in [0.25, 0.3) is 0 Å². The fourth-order valence-electron chi connectivity index (χ4n) is 1.91. The first-order chi connectivity index (χ1) is 12.1. The molecule has 0 fully saturated rings. The highest BCUT2D eigenvalue weighted by molar-refractivity contribution is 7.04. The third-order valence-corrected chi connectivity index (χ3v) is 9.85. The molecular weight excluding hydrogens is 366 g/mol. The Balaban J connectivity index is 1.81. The molecule has 0 radical (unpaired) electrons. The van der Waals surface area contributed by atoms with Crippen LogP contribution in [0.15, 0.2) is 23.7 Å². The Kier molecular flexibility index (Phi) is 6.54. The monoisotopic (exact) mass is 393 g/mol. The smallest absolute Gasteiger partial charge is 0.258 e. The van der Waals surface area contributed by atoms with E-state index >= 15 is 0 Å². The highest BCUT2D eigenvalue weighted by Gasteiger charge is 2.36. The van der Waals surface area contributed by atoms with Gasteiger partial charge in [-0.2, -0.15) is 4.37 Å². The molecule has 2 heterocycles. The summed E-state index contributed by atoms with van der Waals surface area (Å²) in [6, 6.07) is 3.50. The van der Waals surface area contributed by atoms with E-state index in [1.807, 2.05) is 6.92 Å². The molecule has 0 saturated heterocycles. The summed E-state index contributed by atoms with van der Waals surface area (Å²) in [5.74, 6) is 0.324. The van der Waals surface area contributed by atoms with E-state index in [-0.39, 0.29) is 10.9 Å². The molecule has 1 amide bonds. The van der Waals surface area contributed by atoms with E-state index in [0.717, 1.165) is 5.69 Å². The lowest BCUT2D eigenvalue weighted by Gasteiger charge is -2.36. The third-order valence-electron chi connectivity index (χ3n) is 4.59. The van der Waals surface area contributed by atoms with Crippen molar-refractivity contribution in [3.63, 3.8) is 0 Å². The molecule has 26 heavy (non-hydrogen) atoms. The molecule has 2 aromatic rings. The lowest BCUT2D eigenvalue weighted by molar-refractivity contribution is 0.102. The highest BCUT2D eigenvalue weighted by atomic mass is 32.1. The number of nitrogens with zero attached hydrogens (tertiary/aromatic N) is 2. The van der Waals surface area contributed by atoms with Crippen LogP contribution < -0.4 is 10.1 Å². The van der Waals surface area contributed by atoms with Crippen molar-refractivity contribution in [3.05, 3.63) is 35.0 Å². The topological polar surface area (TPSA) is 73.3 Å². The maximum atomic E-state index is 12.2. The molecule has 8 heteroatoms. The van der Waals surface area contributed by atoms with E-state index in [9.17, 15) is 4.79 Å². The van der Waals surface area contributed by atoms with Crippen LogP contribution in [-0.2, 0) is 4.43 Å². The van der Waals surface area contributed by atoms with Gasteiger partial charge in [0.2, 0.25) is 5.88 Å². The molecule has 0 spiro atoms. The quantitative estimate of drug-likeness (QED) is 0.554. The van der Waals surface area contributed by atoms with Crippen molar-refractivity contribution in [2.45, 2.75) is 45.8 Å². The fraction of sp³-hybridized carbons (Fsp3) is 0.500. The van der Waals surface area contributed by atoms with Gasteiger partial charge in [0.05, 0.1) is 29.7 Å². The number of aromatic nitrogens is 2. The van der Waals surface area contributed by atoms with Gasteiger partial charge in [0.15, 0.2) is 8.32 Å². The Morgan fingerprint density at radius 3 is 2.54 bits per heavy atom. The van der Waals surface area contributed by atoms with Crippen LogP contribution in [0.1, 0.15) is 36.8 Å². The predicted octanol–water partition coefficient (Wildman–Crippen LogP) is 4.50. The number of hydrogen-bond donors (Lipinski definition) is 1. The maximum absolute atomic E-state index is 12.2. The number of carbonyl (C=O) groups excluding carboxylic acids is 1. The second-order valence-electron chi connectivity index (χ2n) is 7.61. The van der Waals surface area contributed by atoms with Gasteiger partial charge >= 0.3 is 0 Å². The van der Waals surface area contributed by atoms with Crippen molar-refractivity contribution in [1.29, 1.82) is 0 Å². The Morgan fingerprint density at radius 1 is 1.27 bits per heavy atom. The van der Waals surface area contributed by atoms with E-state index in [2.05, 4.69) is 48.5 Å². The standard InChI is InChI=1S/C18H27N3O3SSi/c1-13-15(12-25-21-13)17(22)20-14-7-8-16(19-11-14)23-9-10-24-26(5,6)18(2,3)4/h7-8,11-12H,9-10H2,1-6H3,(H,20,22). The van der Waals surface area contributed by atoms with Crippen LogP contribution in [0.5, 0.6) is 5.88 Å². The second-order valence-corrected chi connectivity index (χ2v) is 13.0. The number of amides is 1. The summed E-state index contributed by atoms with van der Waals surface area (Å²) in [5.41, 5.74) is 1.92. The van der Waals surface area contributed by atoms with Gasteiger partial charge in [0.25, 0.3) is 5.91 Å². The molecule has 0 aliphatic rings. The molecule has 0 unspecified atom stereocenters. The number of ether oxygens (including phenoxy) is 1. The van der Waals surface area contributed by atoms with Gasteiger partial charge in [0, 0.05) is 11.4 Å². The number of nitrogens with one attached hydrogen (secondary N) is 1. The first-order valence-corrected chi connectivity index (χ1v) is 12.3. The molecule has 0 saturated carbocycles. The van der Waals surface area contributed by atoms with Crippen LogP contribution in [0, 0.1) is 6.92 Å². The Bertz CT molecular complexity index is 739. The zero-order valence-electron chi connectivity index (χ0n) is 16.3. The molecule has 2 rings (SSSR count). The van der Waals surface area contributed by atoms with Gasteiger partial charge in [0.1, 0.15) is 6.61 Å². The van der Waals surface area contributed by atoms with E-state index in [1.54, 1.807) is 23.7 Å². The molecule has 0 aliphatic carbocycles. The van der Waals surface area contributed by atoms with Crippen molar-refractivity contribution >= 4 is 31.4 Å². The van der Waals surface area contributed by atoms with E-state index in [0.29, 0.717) is 30.3 Å². The van der Waals surface area contributed by atoms with Gasteiger partial charge in [-0.25, -0.2) is 4.98 Å². The average molecular weight is 394 g/mol.